The summed E-state index contributed by atoms with van der Waals surface area (Å²) in [5.41, 5.74) is 1.00. The van der Waals surface area contributed by atoms with Crippen LogP contribution >= 0.6 is 11.8 Å². The molecule has 0 aromatic carbocycles. The number of rotatable bonds is 3. The van der Waals surface area contributed by atoms with Crippen LogP contribution in [0.15, 0.2) is 10.6 Å². The Bertz CT molecular complexity index is 220. The minimum Gasteiger partial charge on any atom is -0.361 e. The topological polar surface area (TPSA) is 26.0 Å². The van der Waals surface area contributed by atoms with E-state index in [-0.39, 0.29) is 0 Å². The fourth-order valence-electron chi connectivity index (χ4n) is 0.714. The second-order valence-electron chi connectivity index (χ2n) is 2.55. The molecule has 1 heterocycles. The van der Waals surface area contributed by atoms with Crippen molar-refractivity contribution in [3.8, 4) is 0 Å². The average Bonchev–Trinajstić information content (AvgIpc) is 2.31. The van der Waals surface area contributed by atoms with Crippen LogP contribution in [0.3, 0.4) is 0 Å². The van der Waals surface area contributed by atoms with Crippen molar-refractivity contribution in [2.24, 2.45) is 0 Å². The van der Waals surface area contributed by atoms with Crippen LogP contribution in [0.4, 0.5) is 0 Å². The molecule has 3 heteroatoms. The quantitative estimate of drug-likeness (QED) is 0.697. The van der Waals surface area contributed by atoms with Crippen LogP contribution in [-0.4, -0.2) is 10.4 Å². The van der Waals surface area contributed by atoms with Crippen molar-refractivity contribution in [2.75, 3.05) is 0 Å². The largest absolute Gasteiger partial charge is 0.361 e. The van der Waals surface area contributed by atoms with Gasteiger partial charge in [-0.05, 0) is 13.8 Å². The van der Waals surface area contributed by atoms with Gasteiger partial charge in [0, 0.05) is 17.1 Å². The van der Waals surface area contributed by atoms with Gasteiger partial charge in [-0.15, -0.1) is 0 Å². The lowest BCUT2D eigenvalue weighted by molar-refractivity contribution is 0.393. The highest BCUT2D eigenvalue weighted by atomic mass is 32.2. The summed E-state index contributed by atoms with van der Waals surface area (Å²) in [4.78, 5) is 0. The summed E-state index contributed by atoms with van der Waals surface area (Å²) in [5, 5.41) is 4.27. The smallest absolute Gasteiger partial charge is 0.133 e. The van der Waals surface area contributed by atoms with E-state index in [0.29, 0.717) is 5.25 Å². The molecule has 1 atom stereocenters. The highest BCUT2D eigenvalue weighted by molar-refractivity contribution is 7.99. The molecule has 1 unspecified atom stereocenters. The fourth-order valence-corrected chi connectivity index (χ4v) is 1.30. The number of hydrogen-bond donors (Lipinski definition) is 0. The first kappa shape index (κ1) is 8.65. The second-order valence-corrected chi connectivity index (χ2v) is 3.98. The summed E-state index contributed by atoms with van der Waals surface area (Å²) in [6.45, 7) is 7.83. The van der Waals surface area contributed by atoms with Gasteiger partial charge < -0.3 is 4.52 Å². The molecule has 1 radical (unpaired) electrons. The Labute approximate surface area is 71.3 Å². The van der Waals surface area contributed by atoms with Crippen molar-refractivity contribution in [3.05, 3.63) is 24.4 Å². The highest BCUT2D eigenvalue weighted by Gasteiger charge is 2.01. The van der Waals surface area contributed by atoms with E-state index in [0.717, 1.165) is 17.2 Å². The first-order valence-electron chi connectivity index (χ1n) is 3.55. The monoisotopic (exact) mass is 170 g/mol. The van der Waals surface area contributed by atoms with Gasteiger partial charge in [-0.1, -0.05) is 12.1 Å². The molecule has 0 N–H and O–H groups in total. The Balaban J connectivity index is 2.39. The third-order valence-electron chi connectivity index (χ3n) is 1.19. The molecular weight excluding hydrogens is 158 g/mol. The first-order valence-corrected chi connectivity index (χ1v) is 4.60. The Morgan fingerprint density at radius 2 is 2.55 bits per heavy atom. The lowest BCUT2D eigenvalue weighted by Crippen LogP contribution is -1.88. The maximum atomic E-state index is 4.91. The minimum atomic E-state index is 0.409. The zero-order valence-corrected chi connectivity index (χ0v) is 7.65. The van der Waals surface area contributed by atoms with Crippen LogP contribution in [-0.2, 0) is 5.75 Å². The number of aromatic nitrogens is 1. The van der Waals surface area contributed by atoms with Gasteiger partial charge in [0.2, 0.25) is 0 Å². The van der Waals surface area contributed by atoms with Gasteiger partial charge in [0.15, 0.2) is 0 Å². The summed E-state index contributed by atoms with van der Waals surface area (Å²) < 4.78 is 4.91. The third kappa shape index (κ3) is 2.97. The predicted octanol–water partition coefficient (Wildman–Crippen LogP) is 2.44. The molecule has 0 aliphatic carbocycles. The molecule has 1 aromatic heterocycles. The molecule has 0 aliphatic rings. The lowest BCUT2D eigenvalue weighted by atomic mass is 10.4. The van der Waals surface area contributed by atoms with E-state index >= 15 is 0 Å². The van der Waals surface area contributed by atoms with Crippen LogP contribution in [0, 0.1) is 13.8 Å². The van der Waals surface area contributed by atoms with Gasteiger partial charge in [0.1, 0.15) is 5.76 Å². The summed E-state index contributed by atoms with van der Waals surface area (Å²) in [6, 6.07) is 1.95. The van der Waals surface area contributed by atoms with Crippen LogP contribution in [0.25, 0.3) is 0 Å². The zero-order valence-electron chi connectivity index (χ0n) is 6.83. The van der Waals surface area contributed by atoms with Gasteiger partial charge in [-0.2, -0.15) is 11.8 Å². The highest BCUT2D eigenvalue weighted by Crippen LogP contribution is 2.16. The molecule has 1 rings (SSSR count). The fraction of sp³-hybridized carbons (Fsp3) is 0.500. The second kappa shape index (κ2) is 3.81. The van der Waals surface area contributed by atoms with Crippen molar-refractivity contribution in [2.45, 2.75) is 24.9 Å². The molecule has 0 aliphatic heterocycles. The van der Waals surface area contributed by atoms with Crippen LogP contribution < -0.4 is 0 Å². The van der Waals surface area contributed by atoms with E-state index in [4.69, 9.17) is 4.52 Å². The van der Waals surface area contributed by atoms with Crippen LogP contribution in [0.5, 0.6) is 0 Å². The minimum absolute atomic E-state index is 0.409. The van der Waals surface area contributed by atoms with E-state index in [1.807, 2.05) is 13.0 Å². The zero-order chi connectivity index (χ0) is 8.27. The molecule has 0 saturated carbocycles. The summed E-state index contributed by atoms with van der Waals surface area (Å²) in [5.74, 6) is 1.76. The predicted molar refractivity (Wildman–Crippen MR) is 47.4 cm³/mol. The number of aryl methyl sites for hydroxylation is 1. The number of thioether (sulfide) groups is 1. The lowest BCUT2D eigenvalue weighted by Gasteiger charge is -1.99. The Kier molecular flexibility index (Phi) is 3.00. The average molecular weight is 170 g/mol. The van der Waals surface area contributed by atoms with E-state index in [2.05, 4.69) is 19.0 Å². The van der Waals surface area contributed by atoms with Gasteiger partial charge >= 0.3 is 0 Å². The Hall–Kier alpha value is -0.440. The van der Waals surface area contributed by atoms with Crippen LogP contribution in [0.2, 0.25) is 0 Å². The van der Waals surface area contributed by atoms with Crippen molar-refractivity contribution < 1.29 is 4.52 Å². The molecule has 1 aromatic rings. The number of nitrogens with zero attached hydrogens (tertiary/aromatic N) is 1. The standard InChI is InChI=1S/C8H12NOS/c1-6(2)11-5-8-4-7(3)10-9-8/h4,6H,1,5H2,2-3H3. The van der Waals surface area contributed by atoms with E-state index in [9.17, 15) is 0 Å². The van der Waals surface area contributed by atoms with E-state index in [1.165, 1.54) is 0 Å². The summed E-state index contributed by atoms with van der Waals surface area (Å²) in [7, 11) is 0. The van der Waals surface area contributed by atoms with Gasteiger partial charge in [-0.25, -0.2) is 0 Å². The third-order valence-corrected chi connectivity index (χ3v) is 2.22. The molecule has 0 spiro atoms. The van der Waals surface area contributed by atoms with E-state index < -0.39 is 0 Å². The van der Waals surface area contributed by atoms with Gasteiger partial charge in [-0.3, -0.25) is 0 Å². The number of hydrogen-bond acceptors (Lipinski definition) is 3. The SMILES string of the molecule is [CH2]C(C)SCc1cc(C)on1. The van der Waals surface area contributed by atoms with Gasteiger partial charge in [0.25, 0.3) is 0 Å². The summed E-state index contributed by atoms with van der Waals surface area (Å²) in [6.07, 6.45) is 0. The first-order chi connectivity index (χ1) is 5.18. The Morgan fingerprint density at radius 1 is 1.82 bits per heavy atom. The molecule has 0 bridgehead atoms. The normalized spacial score (nSPS) is 10.9. The molecule has 61 valence electrons. The van der Waals surface area contributed by atoms with Gasteiger partial charge in [0.05, 0.1) is 5.69 Å². The molecule has 0 saturated heterocycles. The van der Waals surface area contributed by atoms with Crippen molar-refractivity contribution >= 4 is 11.8 Å². The Morgan fingerprint density at radius 3 is 3.00 bits per heavy atom. The molecule has 11 heavy (non-hydrogen) atoms. The molecule has 0 amide bonds. The maximum Gasteiger partial charge on any atom is 0.133 e. The molecule has 2 nitrogen and oxygen atoms in total. The van der Waals surface area contributed by atoms with Crippen molar-refractivity contribution in [1.29, 1.82) is 0 Å². The van der Waals surface area contributed by atoms with Crippen molar-refractivity contribution in [1.82, 2.24) is 5.16 Å². The maximum absolute atomic E-state index is 4.91. The molecule has 0 fully saturated rings. The van der Waals surface area contributed by atoms with Crippen molar-refractivity contribution in [3.63, 3.8) is 0 Å². The summed E-state index contributed by atoms with van der Waals surface area (Å²) >= 11 is 1.76. The van der Waals surface area contributed by atoms with E-state index in [1.54, 1.807) is 11.8 Å². The van der Waals surface area contributed by atoms with Crippen LogP contribution in [0.1, 0.15) is 18.4 Å². The molecular formula is C8H12NOS.